The van der Waals surface area contributed by atoms with Crippen molar-refractivity contribution >= 4 is 34.1 Å². The van der Waals surface area contributed by atoms with Gasteiger partial charge in [-0.2, -0.15) is 5.10 Å². The van der Waals surface area contributed by atoms with E-state index in [1.165, 1.54) is 9.58 Å². The van der Waals surface area contributed by atoms with E-state index in [4.69, 9.17) is 0 Å². The minimum atomic E-state index is -0.269. The number of nitrogens with zero attached hydrogens (tertiary/aromatic N) is 3. The minimum absolute atomic E-state index is 0.0941. The third kappa shape index (κ3) is 3.91. The zero-order chi connectivity index (χ0) is 20.4. The van der Waals surface area contributed by atoms with Crippen molar-refractivity contribution in [1.29, 1.82) is 0 Å². The Labute approximate surface area is 172 Å². The van der Waals surface area contributed by atoms with Crippen molar-refractivity contribution in [3.05, 3.63) is 76.3 Å². The monoisotopic (exact) mass is 406 g/mol. The van der Waals surface area contributed by atoms with Gasteiger partial charge in [0.2, 0.25) is 5.91 Å². The standard InChI is InChI=1S/C22H22N4O2S/c1-15-24-25(22(28)20-13-17-5-3-4-6-19(17)26(15)20)14-21(27)23-12-11-16-7-9-18(29-2)10-8-16/h3-10,13H,11-12,14H2,1-2H3,(H,23,27). The minimum Gasteiger partial charge on any atom is -0.354 e. The van der Waals surface area contributed by atoms with E-state index in [1.54, 1.807) is 11.8 Å². The predicted octanol–water partition coefficient (Wildman–Crippen LogP) is 3.04. The maximum Gasteiger partial charge on any atom is 0.291 e. The van der Waals surface area contributed by atoms with E-state index in [-0.39, 0.29) is 18.0 Å². The Bertz CT molecular complexity index is 1240. The molecule has 0 spiro atoms. The molecule has 0 fully saturated rings. The van der Waals surface area contributed by atoms with Gasteiger partial charge in [-0.1, -0.05) is 30.3 Å². The number of hydrogen-bond donors (Lipinski definition) is 1. The van der Waals surface area contributed by atoms with Crippen LogP contribution in [0.5, 0.6) is 0 Å². The van der Waals surface area contributed by atoms with Crippen LogP contribution < -0.4 is 10.9 Å². The van der Waals surface area contributed by atoms with Crippen LogP contribution in [0.15, 0.2) is 64.3 Å². The number of carbonyl (C=O) groups excluding carboxylic acids is 1. The first-order valence-corrected chi connectivity index (χ1v) is 10.7. The van der Waals surface area contributed by atoms with Crippen LogP contribution in [0.4, 0.5) is 0 Å². The average Bonchev–Trinajstić information content (AvgIpc) is 3.13. The zero-order valence-electron chi connectivity index (χ0n) is 16.4. The van der Waals surface area contributed by atoms with E-state index in [0.29, 0.717) is 17.9 Å². The Kier molecular flexibility index (Phi) is 5.40. The molecule has 2 aromatic heterocycles. The lowest BCUT2D eigenvalue weighted by atomic mass is 10.1. The van der Waals surface area contributed by atoms with Crippen LogP contribution in [0.1, 0.15) is 11.4 Å². The molecule has 1 amide bonds. The van der Waals surface area contributed by atoms with E-state index in [1.807, 2.05) is 47.9 Å². The molecule has 0 unspecified atom stereocenters. The lowest BCUT2D eigenvalue weighted by Crippen LogP contribution is -2.35. The number of carbonyl (C=O) groups is 1. The number of hydrogen-bond acceptors (Lipinski definition) is 4. The normalized spacial score (nSPS) is 11.2. The number of amides is 1. The number of aromatic nitrogens is 3. The molecule has 2 aromatic carbocycles. The Balaban J connectivity index is 1.47. The number of nitrogens with one attached hydrogen (secondary N) is 1. The molecule has 4 aromatic rings. The quantitative estimate of drug-likeness (QED) is 0.500. The summed E-state index contributed by atoms with van der Waals surface area (Å²) in [6, 6.07) is 17.9. The maximum atomic E-state index is 12.8. The van der Waals surface area contributed by atoms with E-state index in [2.05, 4.69) is 34.7 Å². The van der Waals surface area contributed by atoms with E-state index < -0.39 is 0 Å². The van der Waals surface area contributed by atoms with Crippen LogP contribution in [0, 0.1) is 6.92 Å². The third-order valence-corrected chi connectivity index (χ3v) is 5.69. The molecule has 6 nitrogen and oxygen atoms in total. The van der Waals surface area contributed by atoms with Crippen LogP contribution in [-0.4, -0.2) is 32.9 Å². The molecular formula is C22H22N4O2S. The summed E-state index contributed by atoms with van der Waals surface area (Å²) in [5.74, 6) is 0.447. The molecule has 2 heterocycles. The first-order chi connectivity index (χ1) is 14.1. The fraction of sp³-hybridized carbons (Fsp3) is 0.227. The first-order valence-electron chi connectivity index (χ1n) is 9.44. The molecule has 0 saturated carbocycles. The summed E-state index contributed by atoms with van der Waals surface area (Å²) in [5.41, 5.74) is 2.36. The molecule has 0 bridgehead atoms. The fourth-order valence-corrected chi connectivity index (χ4v) is 3.90. The summed E-state index contributed by atoms with van der Waals surface area (Å²) in [4.78, 5) is 26.4. The van der Waals surface area contributed by atoms with Gasteiger partial charge in [0, 0.05) is 16.8 Å². The summed E-state index contributed by atoms with van der Waals surface area (Å²) in [6.45, 7) is 2.26. The molecule has 0 aliphatic heterocycles. The highest BCUT2D eigenvalue weighted by Crippen LogP contribution is 2.18. The summed E-state index contributed by atoms with van der Waals surface area (Å²) in [6.07, 6.45) is 2.78. The highest BCUT2D eigenvalue weighted by Gasteiger charge is 2.13. The van der Waals surface area contributed by atoms with Crippen LogP contribution in [0.3, 0.4) is 0 Å². The van der Waals surface area contributed by atoms with Gasteiger partial charge in [0.05, 0.1) is 5.52 Å². The van der Waals surface area contributed by atoms with Crippen molar-refractivity contribution in [1.82, 2.24) is 19.5 Å². The van der Waals surface area contributed by atoms with Gasteiger partial charge in [0.15, 0.2) is 0 Å². The second kappa shape index (κ2) is 8.13. The van der Waals surface area contributed by atoms with Crippen molar-refractivity contribution in [2.24, 2.45) is 0 Å². The molecule has 0 saturated heterocycles. The van der Waals surface area contributed by atoms with Gasteiger partial charge in [-0.05, 0) is 49.4 Å². The van der Waals surface area contributed by atoms with Crippen LogP contribution in [0.25, 0.3) is 16.4 Å². The second-order valence-corrected chi connectivity index (χ2v) is 7.76. The lowest BCUT2D eigenvalue weighted by molar-refractivity contribution is -0.121. The average molecular weight is 407 g/mol. The summed E-state index contributed by atoms with van der Waals surface area (Å²) < 4.78 is 3.08. The Hall–Kier alpha value is -3.06. The molecule has 29 heavy (non-hydrogen) atoms. The van der Waals surface area contributed by atoms with Crippen LogP contribution in [0.2, 0.25) is 0 Å². The Morgan fingerprint density at radius 2 is 1.86 bits per heavy atom. The number of para-hydroxylation sites is 1. The predicted molar refractivity (Wildman–Crippen MR) is 117 cm³/mol. The molecule has 0 atom stereocenters. The second-order valence-electron chi connectivity index (χ2n) is 6.88. The fourth-order valence-electron chi connectivity index (χ4n) is 3.50. The number of rotatable bonds is 6. The van der Waals surface area contributed by atoms with E-state index in [9.17, 15) is 9.59 Å². The van der Waals surface area contributed by atoms with Gasteiger partial charge < -0.3 is 5.32 Å². The topological polar surface area (TPSA) is 68.4 Å². The zero-order valence-corrected chi connectivity index (χ0v) is 17.2. The number of benzene rings is 2. The van der Waals surface area contributed by atoms with Crippen molar-refractivity contribution in [3.8, 4) is 0 Å². The summed E-state index contributed by atoms with van der Waals surface area (Å²) in [7, 11) is 0. The Morgan fingerprint density at radius 3 is 2.62 bits per heavy atom. The van der Waals surface area contributed by atoms with Crippen molar-refractivity contribution in [2.45, 2.75) is 24.8 Å². The number of fused-ring (bicyclic) bond motifs is 3. The van der Waals surface area contributed by atoms with Gasteiger partial charge in [-0.25, -0.2) is 4.68 Å². The van der Waals surface area contributed by atoms with Gasteiger partial charge in [0.1, 0.15) is 17.9 Å². The van der Waals surface area contributed by atoms with Crippen molar-refractivity contribution < 1.29 is 4.79 Å². The number of thioether (sulfide) groups is 1. The molecule has 7 heteroatoms. The highest BCUT2D eigenvalue weighted by atomic mass is 32.2. The van der Waals surface area contributed by atoms with Gasteiger partial charge in [0.25, 0.3) is 5.56 Å². The van der Waals surface area contributed by atoms with Crippen LogP contribution in [-0.2, 0) is 17.8 Å². The van der Waals surface area contributed by atoms with Crippen LogP contribution >= 0.6 is 11.8 Å². The van der Waals surface area contributed by atoms with Gasteiger partial charge in [-0.15, -0.1) is 11.8 Å². The number of aryl methyl sites for hydroxylation is 1. The van der Waals surface area contributed by atoms with Crippen molar-refractivity contribution in [2.75, 3.05) is 12.8 Å². The summed E-state index contributed by atoms with van der Waals surface area (Å²) in [5, 5.41) is 8.21. The third-order valence-electron chi connectivity index (χ3n) is 4.94. The van der Waals surface area contributed by atoms with Crippen molar-refractivity contribution in [3.63, 3.8) is 0 Å². The molecule has 0 radical (unpaired) electrons. The molecule has 0 aliphatic rings. The SMILES string of the molecule is CSc1ccc(CCNC(=O)Cn2nc(C)n3c(cc4ccccc43)c2=O)cc1. The lowest BCUT2D eigenvalue weighted by Gasteiger charge is -2.09. The molecule has 4 rings (SSSR count). The largest absolute Gasteiger partial charge is 0.354 e. The smallest absolute Gasteiger partial charge is 0.291 e. The first kappa shape index (κ1) is 19.3. The van der Waals surface area contributed by atoms with Gasteiger partial charge in [-0.3, -0.25) is 14.0 Å². The van der Waals surface area contributed by atoms with E-state index >= 15 is 0 Å². The highest BCUT2D eigenvalue weighted by molar-refractivity contribution is 7.98. The van der Waals surface area contributed by atoms with E-state index in [0.717, 1.165) is 22.9 Å². The summed E-state index contributed by atoms with van der Waals surface area (Å²) >= 11 is 1.70. The molecular weight excluding hydrogens is 384 g/mol. The maximum absolute atomic E-state index is 12.8. The Morgan fingerprint density at radius 1 is 1.10 bits per heavy atom. The van der Waals surface area contributed by atoms with Gasteiger partial charge >= 0.3 is 0 Å². The molecule has 0 aliphatic carbocycles. The molecule has 1 N–H and O–H groups in total. The molecule has 148 valence electrons.